The highest BCUT2D eigenvalue weighted by atomic mass is 16.5. The zero-order chi connectivity index (χ0) is 14.7. The average Bonchev–Trinajstić information content (AvgIpc) is 3.00. The number of benzene rings is 1. The predicted molar refractivity (Wildman–Crippen MR) is 82.3 cm³/mol. The monoisotopic (exact) mass is 288 g/mol. The molecule has 0 saturated carbocycles. The molecule has 1 atom stereocenters. The van der Waals surface area contributed by atoms with Crippen molar-refractivity contribution in [1.82, 2.24) is 4.90 Å². The number of piperidine rings is 1. The van der Waals surface area contributed by atoms with Gasteiger partial charge in [0.2, 0.25) is 5.91 Å². The number of hydrogen-bond acceptors (Lipinski definition) is 3. The van der Waals surface area contributed by atoms with Crippen LogP contribution in [0.25, 0.3) is 0 Å². The Labute approximate surface area is 126 Å². The van der Waals surface area contributed by atoms with Crippen molar-refractivity contribution >= 4 is 5.91 Å². The summed E-state index contributed by atoms with van der Waals surface area (Å²) in [5.74, 6) is 1.13. The van der Waals surface area contributed by atoms with E-state index in [1.807, 2.05) is 11.0 Å². The summed E-state index contributed by atoms with van der Waals surface area (Å²) in [6.07, 6.45) is 5.19. The Bertz CT molecular complexity index is 510. The van der Waals surface area contributed by atoms with Crippen molar-refractivity contribution in [2.45, 2.75) is 32.1 Å². The van der Waals surface area contributed by atoms with Gasteiger partial charge in [-0.25, -0.2) is 0 Å². The first-order valence-electron chi connectivity index (χ1n) is 8.01. The molecular weight excluding hydrogens is 264 g/mol. The molecular formula is C17H24N2O2. The highest BCUT2D eigenvalue weighted by molar-refractivity contribution is 5.79. The van der Waals surface area contributed by atoms with Gasteiger partial charge in [0.15, 0.2) is 0 Å². The highest BCUT2D eigenvalue weighted by Crippen LogP contribution is 2.27. The summed E-state index contributed by atoms with van der Waals surface area (Å²) in [7, 11) is 0. The first-order valence-corrected chi connectivity index (χ1v) is 8.01. The molecule has 1 aromatic rings. The van der Waals surface area contributed by atoms with Gasteiger partial charge in [0.1, 0.15) is 5.75 Å². The van der Waals surface area contributed by atoms with Crippen LogP contribution >= 0.6 is 0 Å². The van der Waals surface area contributed by atoms with Crippen LogP contribution in [0.4, 0.5) is 0 Å². The molecule has 2 aliphatic heterocycles. The molecule has 0 aromatic heterocycles. The second kappa shape index (κ2) is 6.48. The minimum atomic E-state index is -0.0940. The Morgan fingerprint density at radius 1 is 1.29 bits per heavy atom. The van der Waals surface area contributed by atoms with Gasteiger partial charge >= 0.3 is 0 Å². The van der Waals surface area contributed by atoms with Crippen LogP contribution in [-0.2, 0) is 17.6 Å². The zero-order valence-corrected chi connectivity index (χ0v) is 12.5. The second-order valence-corrected chi connectivity index (χ2v) is 6.06. The van der Waals surface area contributed by atoms with E-state index in [1.54, 1.807) is 0 Å². The van der Waals surface area contributed by atoms with E-state index in [0.29, 0.717) is 6.54 Å². The Hall–Kier alpha value is -1.55. The van der Waals surface area contributed by atoms with Crippen LogP contribution in [0.15, 0.2) is 18.2 Å². The highest BCUT2D eigenvalue weighted by Gasteiger charge is 2.25. The molecule has 2 aliphatic rings. The van der Waals surface area contributed by atoms with Gasteiger partial charge in [0.05, 0.1) is 12.5 Å². The third-order valence-electron chi connectivity index (χ3n) is 4.54. The fourth-order valence-electron chi connectivity index (χ4n) is 3.30. The van der Waals surface area contributed by atoms with Crippen molar-refractivity contribution in [3.63, 3.8) is 0 Å². The molecule has 1 saturated heterocycles. The lowest BCUT2D eigenvalue weighted by Crippen LogP contribution is -2.42. The number of amides is 1. The number of likely N-dealkylation sites (tertiary alicyclic amines) is 1. The Morgan fingerprint density at radius 2 is 2.10 bits per heavy atom. The van der Waals surface area contributed by atoms with Crippen LogP contribution in [0.3, 0.4) is 0 Å². The predicted octanol–water partition coefficient (Wildman–Crippen LogP) is 1.75. The molecule has 4 heteroatoms. The quantitative estimate of drug-likeness (QED) is 0.918. The molecule has 1 aromatic carbocycles. The number of nitrogens with two attached hydrogens (primary N) is 1. The lowest BCUT2D eigenvalue weighted by Gasteiger charge is -2.30. The number of carbonyl (C=O) groups excluding carboxylic acids is 1. The molecule has 4 nitrogen and oxygen atoms in total. The van der Waals surface area contributed by atoms with Gasteiger partial charge < -0.3 is 15.4 Å². The topological polar surface area (TPSA) is 55.6 Å². The van der Waals surface area contributed by atoms with Crippen molar-refractivity contribution in [2.24, 2.45) is 11.7 Å². The fraction of sp³-hybridized carbons (Fsp3) is 0.588. The molecule has 0 radical (unpaired) electrons. The van der Waals surface area contributed by atoms with Crippen LogP contribution in [-0.4, -0.2) is 37.0 Å². The zero-order valence-electron chi connectivity index (χ0n) is 12.5. The van der Waals surface area contributed by atoms with Crippen molar-refractivity contribution in [3.8, 4) is 5.75 Å². The molecule has 1 amide bonds. The van der Waals surface area contributed by atoms with Crippen LogP contribution in [0.1, 0.15) is 30.4 Å². The third-order valence-corrected chi connectivity index (χ3v) is 4.54. The smallest absolute Gasteiger partial charge is 0.227 e. The molecule has 2 N–H and O–H groups in total. The summed E-state index contributed by atoms with van der Waals surface area (Å²) in [6.45, 7) is 2.98. The Kier molecular flexibility index (Phi) is 4.44. The lowest BCUT2D eigenvalue weighted by molar-refractivity contribution is -0.136. The van der Waals surface area contributed by atoms with E-state index < -0.39 is 0 Å². The molecule has 0 aliphatic carbocycles. The molecule has 1 unspecified atom stereocenters. The summed E-state index contributed by atoms with van der Waals surface area (Å²) in [5, 5.41) is 0. The molecule has 3 rings (SSSR count). The second-order valence-electron chi connectivity index (χ2n) is 6.06. The SMILES string of the molecule is NCC(Cc1ccc2c(c1)CCO2)C(=O)N1CCCCC1. The molecule has 2 heterocycles. The molecule has 1 fully saturated rings. The van der Waals surface area contributed by atoms with Crippen LogP contribution in [0.5, 0.6) is 5.75 Å². The molecule has 114 valence electrons. The summed E-state index contributed by atoms with van der Waals surface area (Å²) in [6, 6.07) is 6.27. The normalized spacial score (nSPS) is 19.0. The van der Waals surface area contributed by atoms with E-state index in [9.17, 15) is 4.79 Å². The van der Waals surface area contributed by atoms with E-state index in [0.717, 1.165) is 51.1 Å². The maximum atomic E-state index is 12.6. The van der Waals surface area contributed by atoms with Gasteiger partial charge in [-0.3, -0.25) is 4.79 Å². The largest absolute Gasteiger partial charge is 0.493 e. The summed E-state index contributed by atoms with van der Waals surface area (Å²) in [5.41, 5.74) is 8.32. The number of ether oxygens (including phenoxy) is 1. The summed E-state index contributed by atoms with van der Waals surface area (Å²) >= 11 is 0. The number of carbonyl (C=O) groups is 1. The van der Waals surface area contributed by atoms with Crippen LogP contribution in [0, 0.1) is 5.92 Å². The van der Waals surface area contributed by atoms with Gasteiger partial charge in [-0.2, -0.15) is 0 Å². The number of rotatable bonds is 4. The Morgan fingerprint density at radius 3 is 2.86 bits per heavy atom. The van der Waals surface area contributed by atoms with Crippen molar-refractivity contribution < 1.29 is 9.53 Å². The minimum Gasteiger partial charge on any atom is -0.493 e. The summed E-state index contributed by atoms with van der Waals surface area (Å²) < 4.78 is 5.53. The standard InChI is InChI=1S/C17H24N2O2/c18-12-15(17(20)19-7-2-1-3-8-19)11-13-4-5-16-14(10-13)6-9-21-16/h4-5,10,15H,1-3,6-9,11-12,18H2. The number of fused-ring (bicyclic) bond motifs is 1. The van der Waals surface area contributed by atoms with Gasteiger partial charge in [-0.15, -0.1) is 0 Å². The summed E-state index contributed by atoms with van der Waals surface area (Å²) in [4.78, 5) is 14.6. The van der Waals surface area contributed by atoms with Gasteiger partial charge in [-0.1, -0.05) is 12.1 Å². The van der Waals surface area contributed by atoms with Gasteiger partial charge in [0.25, 0.3) is 0 Å². The number of nitrogens with zero attached hydrogens (tertiary/aromatic N) is 1. The van der Waals surface area contributed by atoms with E-state index in [1.165, 1.54) is 17.5 Å². The molecule has 0 spiro atoms. The van der Waals surface area contributed by atoms with Crippen molar-refractivity contribution in [1.29, 1.82) is 0 Å². The van der Waals surface area contributed by atoms with Crippen LogP contribution in [0.2, 0.25) is 0 Å². The van der Waals surface area contributed by atoms with Crippen molar-refractivity contribution in [2.75, 3.05) is 26.2 Å². The Balaban J connectivity index is 1.67. The average molecular weight is 288 g/mol. The third kappa shape index (κ3) is 3.21. The fourth-order valence-corrected chi connectivity index (χ4v) is 3.30. The maximum Gasteiger partial charge on any atom is 0.227 e. The maximum absolute atomic E-state index is 12.6. The first-order chi connectivity index (χ1) is 10.3. The first kappa shape index (κ1) is 14.4. The molecule has 0 bridgehead atoms. The van der Waals surface area contributed by atoms with E-state index in [4.69, 9.17) is 10.5 Å². The minimum absolute atomic E-state index is 0.0940. The van der Waals surface area contributed by atoms with Crippen molar-refractivity contribution in [3.05, 3.63) is 29.3 Å². The van der Waals surface area contributed by atoms with Gasteiger partial charge in [-0.05, 0) is 42.9 Å². The van der Waals surface area contributed by atoms with Gasteiger partial charge in [0, 0.05) is 26.1 Å². The number of hydrogen-bond donors (Lipinski definition) is 1. The van der Waals surface area contributed by atoms with Crippen LogP contribution < -0.4 is 10.5 Å². The molecule has 21 heavy (non-hydrogen) atoms. The van der Waals surface area contributed by atoms with E-state index in [2.05, 4.69) is 12.1 Å². The van der Waals surface area contributed by atoms with E-state index >= 15 is 0 Å². The lowest BCUT2D eigenvalue weighted by atomic mass is 9.95. The van der Waals surface area contributed by atoms with E-state index in [-0.39, 0.29) is 11.8 Å².